The van der Waals surface area contributed by atoms with Gasteiger partial charge in [0.15, 0.2) is 0 Å². The van der Waals surface area contributed by atoms with Crippen molar-refractivity contribution in [1.82, 2.24) is 15.5 Å². The molecule has 3 rings (SSSR count). The SMILES string of the molecule is CC(=O)N1CCc2ccccc2C1CC(=O)NC(C)C(=O)NCc1ccccc1. The zero-order chi connectivity index (χ0) is 20.8. The van der Waals surface area contributed by atoms with Crippen LogP contribution in [0.5, 0.6) is 0 Å². The van der Waals surface area contributed by atoms with Crippen LogP contribution in [0.3, 0.4) is 0 Å². The predicted octanol–water partition coefficient (Wildman–Crippen LogP) is 2.34. The molecule has 2 atom stereocenters. The van der Waals surface area contributed by atoms with Crippen molar-refractivity contribution in [2.75, 3.05) is 6.54 Å². The molecule has 0 spiro atoms. The highest BCUT2D eigenvalue weighted by molar-refractivity contribution is 5.87. The second kappa shape index (κ2) is 9.37. The summed E-state index contributed by atoms with van der Waals surface area (Å²) in [6, 6.07) is 16.5. The molecule has 2 unspecified atom stereocenters. The zero-order valence-corrected chi connectivity index (χ0v) is 16.9. The number of hydrogen-bond acceptors (Lipinski definition) is 3. The van der Waals surface area contributed by atoms with Crippen LogP contribution in [-0.4, -0.2) is 35.2 Å². The molecule has 2 aromatic rings. The molecule has 1 aliphatic rings. The first-order valence-electron chi connectivity index (χ1n) is 9.91. The number of amides is 3. The van der Waals surface area contributed by atoms with Gasteiger partial charge in [0, 0.05) is 20.0 Å². The fourth-order valence-corrected chi connectivity index (χ4v) is 3.73. The van der Waals surface area contributed by atoms with Gasteiger partial charge in [0.1, 0.15) is 6.04 Å². The summed E-state index contributed by atoms with van der Waals surface area (Å²) in [6.45, 7) is 4.19. The van der Waals surface area contributed by atoms with Crippen molar-refractivity contribution in [1.29, 1.82) is 0 Å². The monoisotopic (exact) mass is 393 g/mol. The van der Waals surface area contributed by atoms with Gasteiger partial charge in [-0.3, -0.25) is 14.4 Å². The second-order valence-electron chi connectivity index (χ2n) is 7.37. The van der Waals surface area contributed by atoms with Gasteiger partial charge in [0.25, 0.3) is 0 Å². The first kappa shape index (κ1) is 20.6. The Kier molecular flexibility index (Phi) is 6.65. The van der Waals surface area contributed by atoms with E-state index in [9.17, 15) is 14.4 Å². The molecule has 3 amide bonds. The quantitative estimate of drug-likeness (QED) is 0.791. The lowest BCUT2D eigenvalue weighted by molar-refractivity contribution is -0.134. The molecule has 152 valence electrons. The average Bonchev–Trinajstić information content (AvgIpc) is 2.72. The van der Waals surface area contributed by atoms with E-state index in [1.54, 1.807) is 11.8 Å². The predicted molar refractivity (Wildman–Crippen MR) is 111 cm³/mol. The first-order valence-corrected chi connectivity index (χ1v) is 9.91. The van der Waals surface area contributed by atoms with Gasteiger partial charge in [-0.2, -0.15) is 0 Å². The van der Waals surface area contributed by atoms with Gasteiger partial charge in [-0.15, -0.1) is 0 Å². The standard InChI is InChI=1S/C23H27N3O3/c1-16(23(29)24-15-18-8-4-3-5-9-18)25-22(28)14-21-20-11-7-6-10-19(20)12-13-26(21)17(2)27/h3-11,16,21H,12-15H2,1-2H3,(H,24,29)(H,25,28). The number of hydrogen-bond donors (Lipinski definition) is 2. The fourth-order valence-electron chi connectivity index (χ4n) is 3.73. The Balaban J connectivity index is 1.59. The van der Waals surface area contributed by atoms with E-state index in [4.69, 9.17) is 0 Å². The van der Waals surface area contributed by atoms with Gasteiger partial charge in [-0.05, 0) is 30.0 Å². The summed E-state index contributed by atoms with van der Waals surface area (Å²) in [7, 11) is 0. The molecule has 29 heavy (non-hydrogen) atoms. The Hall–Kier alpha value is -3.15. The number of nitrogens with one attached hydrogen (secondary N) is 2. The smallest absolute Gasteiger partial charge is 0.242 e. The second-order valence-corrected chi connectivity index (χ2v) is 7.37. The number of benzene rings is 2. The number of carbonyl (C=O) groups is 3. The van der Waals surface area contributed by atoms with Crippen molar-refractivity contribution in [3.8, 4) is 0 Å². The largest absolute Gasteiger partial charge is 0.350 e. The minimum Gasteiger partial charge on any atom is -0.350 e. The van der Waals surface area contributed by atoms with Crippen LogP contribution in [0.15, 0.2) is 54.6 Å². The molecular formula is C23H27N3O3. The lowest BCUT2D eigenvalue weighted by atomic mass is 9.90. The van der Waals surface area contributed by atoms with Crippen LogP contribution in [0.1, 0.15) is 43.0 Å². The lowest BCUT2D eigenvalue weighted by Gasteiger charge is -2.36. The van der Waals surface area contributed by atoms with Gasteiger partial charge >= 0.3 is 0 Å². The highest BCUT2D eigenvalue weighted by Gasteiger charge is 2.31. The van der Waals surface area contributed by atoms with E-state index in [2.05, 4.69) is 10.6 Å². The van der Waals surface area contributed by atoms with Crippen molar-refractivity contribution in [2.45, 2.75) is 45.3 Å². The summed E-state index contributed by atoms with van der Waals surface area (Å²) in [5, 5.41) is 5.60. The van der Waals surface area contributed by atoms with Crippen molar-refractivity contribution >= 4 is 17.7 Å². The number of rotatable bonds is 6. The molecule has 6 nitrogen and oxygen atoms in total. The summed E-state index contributed by atoms with van der Waals surface area (Å²) in [5.41, 5.74) is 3.16. The topological polar surface area (TPSA) is 78.5 Å². The summed E-state index contributed by atoms with van der Waals surface area (Å²) in [4.78, 5) is 38.8. The maximum absolute atomic E-state index is 12.6. The van der Waals surface area contributed by atoms with E-state index >= 15 is 0 Å². The first-order chi connectivity index (χ1) is 14.0. The Morgan fingerprint density at radius 1 is 1.07 bits per heavy atom. The molecular weight excluding hydrogens is 366 g/mol. The third kappa shape index (κ3) is 5.22. The van der Waals surface area contributed by atoms with Crippen LogP contribution < -0.4 is 10.6 Å². The molecule has 0 aromatic heterocycles. The van der Waals surface area contributed by atoms with Crippen molar-refractivity contribution in [3.63, 3.8) is 0 Å². The van der Waals surface area contributed by atoms with Crippen LogP contribution in [0.2, 0.25) is 0 Å². The van der Waals surface area contributed by atoms with Crippen LogP contribution in [0.4, 0.5) is 0 Å². The van der Waals surface area contributed by atoms with E-state index in [0.29, 0.717) is 13.1 Å². The molecule has 0 saturated carbocycles. The lowest BCUT2D eigenvalue weighted by Crippen LogP contribution is -2.46. The van der Waals surface area contributed by atoms with E-state index in [1.807, 2.05) is 54.6 Å². The summed E-state index contributed by atoms with van der Waals surface area (Å²) in [5.74, 6) is -0.541. The molecule has 1 heterocycles. The Bertz CT molecular complexity index is 882. The minimum absolute atomic E-state index is 0.0500. The highest BCUT2D eigenvalue weighted by atomic mass is 16.2. The molecule has 0 saturated heterocycles. The Morgan fingerprint density at radius 3 is 2.48 bits per heavy atom. The third-order valence-corrected chi connectivity index (χ3v) is 5.28. The maximum atomic E-state index is 12.6. The molecule has 0 bridgehead atoms. The fraction of sp³-hybridized carbons (Fsp3) is 0.348. The zero-order valence-electron chi connectivity index (χ0n) is 16.9. The molecule has 1 aliphatic heterocycles. The molecule has 2 N–H and O–H groups in total. The maximum Gasteiger partial charge on any atom is 0.242 e. The van der Waals surface area contributed by atoms with E-state index in [0.717, 1.165) is 23.1 Å². The Labute approximate surface area is 171 Å². The van der Waals surface area contributed by atoms with Gasteiger partial charge < -0.3 is 15.5 Å². The molecule has 0 radical (unpaired) electrons. The summed E-state index contributed by atoms with van der Waals surface area (Å²) in [6.07, 6.45) is 0.916. The van der Waals surface area contributed by atoms with Crippen LogP contribution in [0.25, 0.3) is 0 Å². The molecule has 6 heteroatoms. The van der Waals surface area contributed by atoms with E-state index in [1.165, 1.54) is 6.92 Å². The van der Waals surface area contributed by atoms with E-state index < -0.39 is 6.04 Å². The Morgan fingerprint density at radius 2 is 1.76 bits per heavy atom. The third-order valence-electron chi connectivity index (χ3n) is 5.28. The molecule has 0 aliphatic carbocycles. The van der Waals surface area contributed by atoms with Gasteiger partial charge in [0.2, 0.25) is 17.7 Å². The van der Waals surface area contributed by atoms with Gasteiger partial charge in [-0.25, -0.2) is 0 Å². The van der Waals surface area contributed by atoms with E-state index in [-0.39, 0.29) is 30.2 Å². The highest BCUT2D eigenvalue weighted by Crippen LogP contribution is 2.32. The van der Waals surface area contributed by atoms with Crippen molar-refractivity contribution in [2.24, 2.45) is 0 Å². The van der Waals surface area contributed by atoms with Crippen molar-refractivity contribution in [3.05, 3.63) is 71.3 Å². The minimum atomic E-state index is -0.657. The number of nitrogens with zero attached hydrogens (tertiary/aromatic N) is 1. The molecule has 2 aromatic carbocycles. The van der Waals surface area contributed by atoms with Crippen LogP contribution in [0, 0.1) is 0 Å². The average molecular weight is 393 g/mol. The van der Waals surface area contributed by atoms with Crippen LogP contribution in [-0.2, 0) is 27.3 Å². The normalized spacial score (nSPS) is 16.5. The van der Waals surface area contributed by atoms with Crippen molar-refractivity contribution < 1.29 is 14.4 Å². The van der Waals surface area contributed by atoms with Crippen LogP contribution >= 0.6 is 0 Å². The van der Waals surface area contributed by atoms with Gasteiger partial charge in [0.05, 0.1) is 12.5 Å². The summed E-state index contributed by atoms with van der Waals surface area (Å²) >= 11 is 0. The molecule has 0 fully saturated rings. The van der Waals surface area contributed by atoms with Gasteiger partial charge in [-0.1, -0.05) is 54.6 Å². The number of fused-ring (bicyclic) bond motifs is 1. The number of carbonyl (C=O) groups excluding carboxylic acids is 3. The summed E-state index contributed by atoms with van der Waals surface area (Å²) < 4.78 is 0.